The summed E-state index contributed by atoms with van der Waals surface area (Å²) >= 11 is 0. The molecule has 1 atom stereocenters. The summed E-state index contributed by atoms with van der Waals surface area (Å²) in [5.41, 5.74) is 3.00. The fourth-order valence-corrected chi connectivity index (χ4v) is 5.21. The Morgan fingerprint density at radius 3 is 2.26 bits per heavy atom. The molecule has 0 bridgehead atoms. The van der Waals surface area contributed by atoms with Gasteiger partial charge in [0.2, 0.25) is 21.8 Å². The summed E-state index contributed by atoms with van der Waals surface area (Å²) in [5, 5.41) is 2.93. The largest absolute Gasteiger partial charge is 0.495 e. The number of nitrogens with one attached hydrogen (secondary N) is 1. The first-order chi connectivity index (χ1) is 18.6. The molecule has 0 aromatic heterocycles. The summed E-state index contributed by atoms with van der Waals surface area (Å²) in [5.74, 6) is -0.465. The number of benzene rings is 3. The van der Waals surface area contributed by atoms with Gasteiger partial charge in [0.1, 0.15) is 18.3 Å². The molecule has 3 rings (SSSR count). The summed E-state index contributed by atoms with van der Waals surface area (Å²) in [6.07, 6.45) is 2.07. The summed E-state index contributed by atoms with van der Waals surface area (Å²) in [4.78, 5) is 29.1. The zero-order valence-corrected chi connectivity index (χ0v) is 23.8. The molecule has 0 saturated carbocycles. The molecular formula is C30H37N3O5S. The van der Waals surface area contributed by atoms with Crippen molar-refractivity contribution in [1.29, 1.82) is 0 Å². The highest BCUT2D eigenvalue weighted by Crippen LogP contribution is 2.30. The molecule has 208 valence electrons. The molecule has 0 aliphatic carbocycles. The Morgan fingerprint density at radius 2 is 1.62 bits per heavy atom. The van der Waals surface area contributed by atoms with E-state index in [2.05, 4.69) is 5.32 Å². The number of methoxy groups -OCH3 is 1. The van der Waals surface area contributed by atoms with Crippen LogP contribution in [0.15, 0.2) is 78.9 Å². The number of para-hydroxylation sites is 2. The Bertz CT molecular complexity index is 1360. The van der Waals surface area contributed by atoms with Crippen molar-refractivity contribution in [2.24, 2.45) is 0 Å². The Kier molecular flexibility index (Phi) is 10.5. The van der Waals surface area contributed by atoms with Crippen LogP contribution in [0.2, 0.25) is 0 Å². The van der Waals surface area contributed by atoms with Gasteiger partial charge in [0.25, 0.3) is 0 Å². The first-order valence-corrected chi connectivity index (χ1v) is 14.8. The molecule has 0 radical (unpaired) electrons. The number of amides is 2. The zero-order chi connectivity index (χ0) is 28.4. The lowest BCUT2D eigenvalue weighted by atomic mass is 10.0. The number of carbonyl (C=O) groups excluding carboxylic acids is 2. The van der Waals surface area contributed by atoms with Crippen molar-refractivity contribution in [2.75, 3.05) is 30.8 Å². The van der Waals surface area contributed by atoms with Gasteiger partial charge >= 0.3 is 0 Å². The zero-order valence-electron chi connectivity index (χ0n) is 23.0. The van der Waals surface area contributed by atoms with E-state index in [4.69, 9.17) is 4.74 Å². The van der Waals surface area contributed by atoms with Crippen molar-refractivity contribution in [3.05, 3.63) is 95.6 Å². The van der Waals surface area contributed by atoms with Gasteiger partial charge in [0, 0.05) is 19.5 Å². The van der Waals surface area contributed by atoms with Gasteiger partial charge in [-0.15, -0.1) is 0 Å². The predicted molar refractivity (Wildman–Crippen MR) is 154 cm³/mol. The molecule has 0 fully saturated rings. The predicted octanol–water partition coefficient (Wildman–Crippen LogP) is 3.94. The van der Waals surface area contributed by atoms with Gasteiger partial charge in [-0.3, -0.25) is 13.9 Å². The van der Waals surface area contributed by atoms with Crippen LogP contribution in [0.4, 0.5) is 5.69 Å². The minimum absolute atomic E-state index is 0.140. The van der Waals surface area contributed by atoms with E-state index in [0.717, 1.165) is 33.7 Å². The first-order valence-electron chi connectivity index (χ1n) is 12.9. The van der Waals surface area contributed by atoms with Crippen molar-refractivity contribution in [2.45, 2.75) is 39.3 Å². The molecule has 0 aliphatic rings. The maximum absolute atomic E-state index is 14.1. The van der Waals surface area contributed by atoms with E-state index in [1.165, 1.54) is 12.0 Å². The van der Waals surface area contributed by atoms with Gasteiger partial charge in [-0.1, -0.05) is 79.2 Å². The van der Waals surface area contributed by atoms with Crippen LogP contribution in [0.1, 0.15) is 30.0 Å². The molecular weight excluding hydrogens is 514 g/mol. The number of sulfonamides is 1. The monoisotopic (exact) mass is 551 g/mol. The number of nitrogens with zero attached hydrogens (tertiary/aromatic N) is 2. The third kappa shape index (κ3) is 8.32. The highest BCUT2D eigenvalue weighted by Gasteiger charge is 2.33. The molecule has 3 aromatic rings. The lowest BCUT2D eigenvalue weighted by molar-refractivity contribution is -0.140. The van der Waals surface area contributed by atoms with Crippen molar-refractivity contribution in [3.63, 3.8) is 0 Å². The average Bonchev–Trinajstić information content (AvgIpc) is 2.92. The SMILES string of the molecule is CCCNC(=O)[C@H](Cc1ccccc1)N(Cc1cccc(C)c1)C(=O)CN(c1ccccc1OC)S(C)(=O)=O. The van der Waals surface area contributed by atoms with E-state index in [1.54, 1.807) is 24.3 Å². The van der Waals surface area contributed by atoms with Crippen LogP contribution < -0.4 is 14.4 Å². The smallest absolute Gasteiger partial charge is 0.244 e. The molecule has 2 amide bonds. The van der Waals surface area contributed by atoms with Crippen LogP contribution >= 0.6 is 0 Å². The van der Waals surface area contributed by atoms with E-state index in [9.17, 15) is 18.0 Å². The summed E-state index contributed by atoms with van der Waals surface area (Å²) < 4.78 is 32.2. The van der Waals surface area contributed by atoms with Gasteiger partial charge in [-0.2, -0.15) is 0 Å². The summed E-state index contributed by atoms with van der Waals surface area (Å²) in [6, 6.07) is 23.0. The van der Waals surface area contributed by atoms with Gasteiger partial charge < -0.3 is 15.0 Å². The number of hydrogen-bond donors (Lipinski definition) is 1. The summed E-state index contributed by atoms with van der Waals surface area (Å²) in [6.45, 7) is 4.03. The maximum Gasteiger partial charge on any atom is 0.244 e. The lowest BCUT2D eigenvalue weighted by Gasteiger charge is -2.33. The van der Waals surface area contributed by atoms with Crippen LogP contribution in [0.5, 0.6) is 5.75 Å². The van der Waals surface area contributed by atoms with Crippen molar-refractivity contribution < 1.29 is 22.7 Å². The third-order valence-electron chi connectivity index (χ3n) is 6.29. The van der Waals surface area contributed by atoms with Crippen LogP contribution in [0, 0.1) is 6.92 Å². The number of carbonyl (C=O) groups is 2. The minimum Gasteiger partial charge on any atom is -0.495 e. The Morgan fingerprint density at radius 1 is 0.949 bits per heavy atom. The lowest BCUT2D eigenvalue weighted by Crippen LogP contribution is -2.53. The summed E-state index contributed by atoms with van der Waals surface area (Å²) in [7, 11) is -2.43. The van der Waals surface area contributed by atoms with E-state index >= 15 is 0 Å². The Labute approximate surface area is 231 Å². The van der Waals surface area contributed by atoms with E-state index in [-0.39, 0.29) is 24.6 Å². The molecule has 39 heavy (non-hydrogen) atoms. The number of anilines is 1. The van der Waals surface area contributed by atoms with Crippen LogP contribution in [-0.4, -0.2) is 57.6 Å². The number of aryl methyl sites for hydroxylation is 1. The molecule has 0 heterocycles. The molecule has 9 heteroatoms. The second kappa shape index (κ2) is 13.8. The number of rotatable bonds is 13. The highest BCUT2D eigenvalue weighted by atomic mass is 32.2. The molecule has 8 nitrogen and oxygen atoms in total. The Balaban J connectivity index is 2.06. The average molecular weight is 552 g/mol. The number of ether oxygens (including phenoxy) is 1. The van der Waals surface area contributed by atoms with Crippen molar-refractivity contribution in [3.8, 4) is 5.75 Å². The van der Waals surface area contributed by atoms with Gasteiger partial charge in [0.15, 0.2) is 0 Å². The molecule has 0 spiro atoms. The molecule has 1 N–H and O–H groups in total. The van der Waals surface area contributed by atoms with Crippen LogP contribution in [-0.2, 0) is 32.6 Å². The second-order valence-electron chi connectivity index (χ2n) is 9.45. The minimum atomic E-state index is -3.87. The fourth-order valence-electron chi connectivity index (χ4n) is 4.36. The van der Waals surface area contributed by atoms with Crippen molar-refractivity contribution >= 4 is 27.5 Å². The normalized spacial score (nSPS) is 11.9. The van der Waals surface area contributed by atoms with Gasteiger partial charge in [-0.05, 0) is 36.6 Å². The van der Waals surface area contributed by atoms with E-state index < -0.39 is 28.5 Å². The Hall–Kier alpha value is -3.85. The third-order valence-corrected chi connectivity index (χ3v) is 7.42. The number of hydrogen-bond acceptors (Lipinski definition) is 5. The second-order valence-corrected chi connectivity index (χ2v) is 11.4. The van der Waals surface area contributed by atoms with E-state index in [1.807, 2.05) is 68.4 Å². The molecule has 3 aromatic carbocycles. The van der Waals surface area contributed by atoms with Crippen molar-refractivity contribution in [1.82, 2.24) is 10.2 Å². The molecule has 0 saturated heterocycles. The maximum atomic E-state index is 14.1. The van der Waals surface area contributed by atoms with Crippen LogP contribution in [0.25, 0.3) is 0 Å². The molecule has 0 aliphatic heterocycles. The highest BCUT2D eigenvalue weighted by molar-refractivity contribution is 7.92. The van der Waals surface area contributed by atoms with Gasteiger partial charge in [-0.25, -0.2) is 8.42 Å². The van der Waals surface area contributed by atoms with E-state index in [0.29, 0.717) is 12.3 Å². The standard InChI is InChI=1S/C30H37N3O5S/c1-5-18-31-30(35)27(20-24-13-7-6-8-14-24)32(21-25-15-11-12-23(2)19-25)29(34)22-33(39(4,36)37)26-16-9-10-17-28(26)38-3/h6-17,19,27H,5,18,20-22H2,1-4H3,(H,31,35)/t27-/m0/s1. The topological polar surface area (TPSA) is 96.0 Å². The van der Waals surface area contributed by atoms with Gasteiger partial charge in [0.05, 0.1) is 19.1 Å². The fraction of sp³-hybridized carbons (Fsp3) is 0.333. The quantitative estimate of drug-likeness (QED) is 0.347. The molecule has 0 unspecified atom stereocenters. The van der Waals surface area contributed by atoms with Crippen LogP contribution in [0.3, 0.4) is 0 Å². The first kappa shape index (κ1) is 29.7.